The molecule has 0 bridgehead atoms. The van der Waals surface area contributed by atoms with Gasteiger partial charge in [0.25, 0.3) is 0 Å². The van der Waals surface area contributed by atoms with Crippen LogP contribution in [0.15, 0.2) is 34.7 Å². The minimum atomic E-state index is -0.406. The van der Waals surface area contributed by atoms with Crippen LogP contribution in [0.4, 0.5) is 4.39 Å². The summed E-state index contributed by atoms with van der Waals surface area (Å²) in [7, 11) is 0. The molecule has 0 aliphatic rings. The van der Waals surface area contributed by atoms with Gasteiger partial charge in [0.2, 0.25) is 0 Å². The van der Waals surface area contributed by atoms with Gasteiger partial charge in [0.05, 0.1) is 11.1 Å². The number of benzene rings is 1. The van der Waals surface area contributed by atoms with Crippen molar-refractivity contribution in [1.82, 2.24) is 0 Å². The molecule has 0 amide bonds. The quantitative estimate of drug-likeness (QED) is 0.913. The Morgan fingerprint density at radius 3 is 2.78 bits per heavy atom. The largest absolute Gasteiger partial charge is 0.464 e. The van der Waals surface area contributed by atoms with Gasteiger partial charge in [-0.2, -0.15) is 0 Å². The molecule has 4 heteroatoms. The van der Waals surface area contributed by atoms with Crippen molar-refractivity contribution in [3.05, 3.63) is 58.3 Å². The Balaban J connectivity index is 2.15. The molecule has 0 radical (unpaired) electrons. The highest BCUT2D eigenvalue weighted by molar-refractivity contribution is 6.30. The lowest BCUT2D eigenvalue weighted by molar-refractivity contribution is 0.432. The summed E-state index contributed by atoms with van der Waals surface area (Å²) >= 11 is 5.73. The van der Waals surface area contributed by atoms with E-state index in [1.165, 1.54) is 6.07 Å². The Morgan fingerprint density at radius 2 is 2.11 bits per heavy atom. The SMILES string of the molecule is CCc1ccc(C(N)Cc2cccc(Cl)c2F)o1. The standard InChI is InChI=1S/C14H15ClFNO/c1-2-10-6-7-13(18-10)12(17)8-9-4-3-5-11(15)14(9)16/h3-7,12H,2,8,17H2,1H3. The molecular formula is C14H15ClFNO. The molecule has 0 fully saturated rings. The molecule has 2 aromatic rings. The maximum atomic E-state index is 13.7. The van der Waals surface area contributed by atoms with E-state index in [1.807, 2.05) is 19.1 Å². The molecule has 0 spiro atoms. The first kappa shape index (κ1) is 13.1. The van der Waals surface area contributed by atoms with Gasteiger partial charge in [-0.3, -0.25) is 0 Å². The number of nitrogens with two attached hydrogens (primary N) is 1. The molecule has 0 aliphatic heterocycles. The second-order valence-corrected chi connectivity index (χ2v) is 4.59. The van der Waals surface area contributed by atoms with Crippen molar-refractivity contribution in [2.45, 2.75) is 25.8 Å². The Labute approximate surface area is 111 Å². The zero-order valence-electron chi connectivity index (χ0n) is 10.1. The lowest BCUT2D eigenvalue weighted by atomic mass is 10.0. The molecule has 2 nitrogen and oxygen atoms in total. The maximum absolute atomic E-state index is 13.7. The molecule has 0 aliphatic carbocycles. The van der Waals surface area contributed by atoms with Gasteiger partial charge in [-0.1, -0.05) is 30.7 Å². The van der Waals surface area contributed by atoms with E-state index < -0.39 is 5.82 Å². The van der Waals surface area contributed by atoms with Crippen molar-refractivity contribution in [2.75, 3.05) is 0 Å². The smallest absolute Gasteiger partial charge is 0.145 e. The van der Waals surface area contributed by atoms with Crippen LogP contribution in [0, 0.1) is 5.82 Å². The highest BCUT2D eigenvalue weighted by atomic mass is 35.5. The predicted molar refractivity (Wildman–Crippen MR) is 70.1 cm³/mol. The number of hydrogen-bond donors (Lipinski definition) is 1. The molecule has 1 aromatic carbocycles. The minimum absolute atomic E-state index is 0.119. The molecule has 1 atom stereocenters. The molecule has 0 saturated carbocycles. The van der Waals surface area contributed by atoms with Gasteiger partial charge in [0.15, 0.2) is 0 Å². The third kappa shape index (κ3) is 2.74. The number of rotatable bonds is 4. The Bertz CT molecular complexity index is 538. The van der Waals surface area contributed by atoms with E-state index >= 15 is 0 Å². The van der Waals surface area contributed by atoms with Gasteiger partial charge in [-0.15, -0.1) is 0 Å². The van der Waals surface area contributed by atoms with Crippen LogP contribution in [-0.4, -0.2) is 0 Å². The van der Waals surface area contributed by atoms with Crippen LogP contribution in [0.3, 0.4) is 0 Å². The van der Waals surface area contributed by atoms with E-state index in [9.17, 15) is 4.39 Å². The molecule has 1 heterocycles. The maximum Gasteiger partial charge on any atom is 0.145 e. The zero-order chi connectivity index (χ0) is 13.1. The summed E-state index contributed by atoms with van der Waals surface area (Å²) in [5.41, 5.74) is 6.51. The Morgan fingerprint density at radius 1 is 1.33 bits per heavy atom. The first-order valence-electron chi connectivity index (χ1n) is 5.89. The zero-order valence-corrected chi connectivity index (χ0v) is 10.9. The van der Waals surface area contributed by atoms with Crippen LogP contribution in [0.25, 0.3) is 0 Å². The summed E-state index contributed by atoms with van der Waals surface area (Å²) in [5.74, 6) is 1.15. The van der Waals surface area contributed by atoms with Crippen LogP contribution >= 0.6 is 11.6 Å². The Hall–Kier alpha value is -1.32. The fourth-order valence-electron chi connectivity index (χ4n) is 1.83. The molecule has 2 rings (SSSR count). The first-order valence-corrected chi connectivity index (χ1v) is 6.26. The van der Waals surface area contributed by atoms with Crippen LogP contribution in [0.5, 0.6) is 0 Å². The van der Waals surface area contributed by atoms with E-state index in [2.05, 4.69) is 0 Å². The number of halogens is 2. The van der Waals surface area contributed by atoms with Gasteiger partial charge >= 0.3 is 0 Å². The fourth-order valence-corrected chi connectivity index (χ4v) is 2.02. The van der Waals surface area contributed by atoms with E-state index in [1.54, 1.807) is 12.1 Å². The van der Waals surface area contributed by atoms with Gasteiger partial charge in [-0.25, -0.2) is 4.39 Å². The van der Waals surface area contributed by atoms with Gasteiger partial charge in [-0.05, 0) is 30.2 Å². The van der Waals surface area contributed by atoms with Crippen LogP contribution in [-0.2, 0) is 12.8 Å². The van der Waals surface area contributed by atoms with Crippen molar-refractivity contribution >= 4 is 11.6 Å². The summed E-state index contributed by atoms with van der Waals surface area (Å²) in [4.78, 5) is 0. The minimum Gasteiger partial charge on any atom is -0.464 e. The van der Waals surface area contributed by atoms with Gasteiger partial charge < -0.3 is 10.2 Å². The van der Waals surface area contributed by atoms with Crippen LogP contribution < -0.4 is 5.73 Å². The van der Waals surface area contributed by atoms with E-state index in [0.29, 0.717) is 17.7 Å². The molecular weight excluding hydrogens is 253 g/mol. The molecule has 0 saturated heterocycles. The number of hydrogen-bond acceptors (Lipinski definition) is 2. The van der Waals surface area contributed by atoms with E-state index in [-0.39, 0.29) is 11.1 Å². The molecule has 18 heavy (non-hydrogen) atoms. The summed E-state index contributed by atoms with van der Waals surface area (Å²) in [6.07, 6.45) is 1.18. The van der Waals surface area contributed by atoms with Crippen molar-refractivity contribution in [3.63, 3.8) is 0 Å². The normalized spacial score (nSPS) is 12.7. The highest BCUT2D eigenvalue weighted by Gasteiger charge is 2.15. The van der Waals surface area contributed by atoms with E-state index in [0.717, 1.165) is 12.2 Å². The topological polar surface area (TPSA) is 39.2 Å². The monoisotopic (exact) mass is 267 g/mol. The van der Waals surface area contributed by atoms with Crippen molar-refractivity contribution in [3.8, 4) is 0 Å². The van der Waals surface area contributed by atoms with Crippen molar-refractivity contribution in [2.24, 2.45) is 5.73 Å². The van der Waals surface area contributed by atoms with Crippen molar-refractivity contribution < 1.29 is 8.81 Å². The lowest BCUT2D eigenvalue weighted by Crippen LogP contribution is -2.13. The number of aryl methyl sites for hydroxylation is 1. The summed E-state index contributed by atoms with van der Waals surface area (Å²) in [6, 6.07) is 8.29. The highest BCUT2D eigenvalue weighted by Crippen LogP contribution is 2.23. The third-order valence-electron chi connectivity index (χ3n) is 2.87. The second-order valence-electron chi connectivity index (χ2n) is 4.18. The van der Waals surface area contributed by atoms with Gasteiger partial charge in [0.1, 0.15) is 17.3 Å². The lowest BCUT2D eigenvalue weighted by Gasteiger charge is -2.10. The molecule has 1 unspecified atom stereocenters. The summed E-state index contributed by atoms with van der Waals surface area (Å²) in [5, 5.41) is 0.119. The van der Waals surface area contributed by atoms with Crippen LogP contribution in [0.1, 0.15) is 30.0 Å². The van der Waals surface area contributed by atoms with Crippen molar-refractivity contribution in [1.29, 1.82) is 0 Å². The molecule has 2 N–H and O–H groups in total. The summed E-state index contributed by atoms with van der Waals surface area (Å²) in [6.45, 7) is 2.00. The van der Waals surface area contributed by atoms with E-state index in [4.69, 9.17) is 21.8 Å². The first-order chi connectivity index (χ1) is 8.61. The average molecular weight is 268 g/mol. The average Bonchev–Trinajstić information content (AvgIpc) is 2.83. The van der Waals surface area contributed by atoms with Crippen LogP contribution in [0.2, 0.25) is 5.02 Å². The molecule has 1 aromatic heterocycles. The Kier molecular flexibility index (Phi) is 4.04. The summed E-state index contributed by atoms with van der Waals surface area (Å²) < 4.78 is 19.3. The second kappa shape index (κ2) is 5.55. The molecule has 96 valence electrons. The third-order valence-corrected chi connectivity index (χ3v) is 3.16. The van der Waals surface area contributed by atoms with Gasteiger partial charge in [0, 0.05) is 6.42 Å². The predicted octanol–water partition coefficient (Wildman–Crippen LogP) is 3.88. The fraction of sp³-hybridized carbons (Fsp3) is 0.286. The number of furan rings is 1.